The van der Waals surface area contributed by atoms with Crippen LogP contribution in [0.1, 0.15) is 36.7 Å². The SMILES string of the molecule is CN=C(NCc1ccc(C(=O)NC)cc1)NC(C)C(C)C. The summed E-state index contributed by atoms with van der Waals surface area (Å²) in [6.45, 7) is 7.14. The summed E-state index contributed by atoms with van der Waals surface area (Å²) in [7, 11) is 3.39. The van der Waals surface area contributed by atoms with Crippen LogP contribution in [0.4, 0.5) is 0 Å². The van der Waals surface area contributed by atoms with Crippen LogP contribution in [0.5, 0.6) is 0 Å². The van der Waals surface area contributed by atoms with E-state index >= 15 is 0 Å². The molecule has 0 saturated heterocycles. The molecule has 1 atom stereocenters. The summed E-state index contributed by atoms with van der Waals surface area (Å²) in [6.07, 6.45) is 0. The number of nitrogens with one attached hydrogen (secondary N) is 3. The summed E-state index contributed by atoms with van der Waals surface area (Å²) in [6, 6.07) is 7.88. The first-order chi connectivity index (χ1) is 9.97. The number of hydrogen-bond donors (Lipinski definition) is 3. The molecule has 1 unspecified atom stereocenters. The van der Waals surface area contributed by atoms with Gasteiger partial charge in [-0.2, -0.15) is 0 Å². The van der Waals surface area contributed by atoms with E-state index in [-0.39, 0.29) is 5.91 Å². The molecule has 0 radical (unpaired) electrons. The van der Waals surface area contributed by atoms with E-state index in [1.54, 1.807) is 14.1 Å². The Kier molecular flexibility index (Phi) is 6.72. The highest BCUT2D eigenvalue weighted by atomic mass is 16.1. The maximum Gasteiger partial charge on any atom is 0.251 e. The third kappa shape index (κ3) is 5.45. The molecule has 0 heterocycles. The maximum absolute atomic E-state index is 11.5. The maximum atomic E-state index is 11.5. The number of benzene rings is 1. The third-order valence-corrected chi connectivity index (χ3v) is 3.49. The average molecular weight is 290 g/mol. The van der Waals surface area contributed by atoms with Crippen molar-refractivity contribution in [1.29, 1.82) is 0 Å². The fourth-order valence-corrected chi connectivity index (χ4v) is 1.68. The number of carbonyl (C=O) groups excluding carboxylic acids is 1. The van der Waals surface area contributed by atoms with Gasteiger partial charge in [-0.15, -0.1) is 0 Å². The van der Waals surface area contributed by atoms with Gasteiger partial charge in [0.15, 0.2) is 5.96 Å². The Morgan fingerprint density at radius 1 is 1.19 bits per heavy atom. The molecule has 0 spiro atoms. The fraction of sp³-hybridized carbons (Fsp3) is 0.500. The topological polar surface area (TPSA) is 65.5 Å². The zero-order chi connectivity index (χ0) is 15.8. The van der Waals surface area contributed by atoms with Crippen LogP contribution >= 0.6 is 0 Å². The van der Waals surface area contributed by atoms with E-state index in [1.807, 2.05) is 24.3 Å². The molecular formula is C16H26N4O. The molecule has 0 saturated carbocycles. The van der Waals surface area contributed by atoms with Gasteiger partial charge in [0.1, 0.15) is 0 Å². The molecule has 0 aliphatic heterocycles. The lowest BCUT2D eigenvalue weighted by molar-refractivity contribution is 0.0963. The van der Waals surface area contributed by atoms with Crippen molar-refractivity contribution in [2.24, 2.45) is 10.9 Å². The minimum Gasteiger partial charge on any atom is -0.355 e. The molecule has 116 valence electrons. The van der Waals surface area contributed by atoms with Crippen molar-refractivity contribution in [2.75, 3.05) is 14.1 Å². The van der Waals surface area contributed by atoms with Crippen LogP contribution in [0.3, 0.4) is 0 Å². The van der Waals surface area contributed by atoms with Gasteiger partial charge in [0.05, 0.1) is 0 Å². The lowest BCUT2D eigenvalue weighted by Gasteiger charge is -2.20. The first kappa shape index (κ1) is 17.0. The smallest absolute Gasteiger partial charge is 0.251 e. The molecular weight excluding hydrogens is 264 g/mol. The van der Waals surface area contributed by atoms with Crippen molar-refractivity contribution < 1.29 is 4.79 Å². The van der Waals surface area contributed by atoms with Gasteiger partial charge in [-0.3, -0.25) is 9.79 Å². The monoisotopic (exact) mass is 290 g/mol. The third-order valence-electron chi connectivity index (χ3n) is 3.49. The van der Waals surface area contributed by atoms with Crippen LogP contribution in [0.15, 0.2) is 29.3 Å². The van der Waals surface area contributed by atoms with Gasteiger partial charge in [0, 0.05) is 32.2 Å². The van der Waals surface area contributed by atoms with E-state index in [1.165, 1.54) is 0 Å². The second-order valence-electron chi connectivity index (χ2n) is 5.38. The molecule has 0 bridgehead atoms. The summed E-state index contributed by atoms with van der Waals surface area (Å²) >= 11 is 0. The standard InChI is InChI=1S/C16H26N4O/c1-11(2)12(3)20-16(18-5)19-10-13-6-8-14(9-7-13)15(21)17-4/h6-9,11-12H,10H2,1-5H3,(H,17,21)(H2,18,19,20). The van der Waals surface area contributed by atoms with Gasteiger partial charge < -0.3 is 16.0 Å². The molecule has 0 aliphatic rings. The van der Waals surface area contributed by atoms with Gasteiger partial charge in [-0.1, -0.05) is 26.0 Å². The number of guanidine groups is 1. The van der Waals surface area contributed by atoms with Crippen LogP contribution in [0.2, 0.25) is 0 Å². The van der Waals surface area contributed by atoms with E-state index in [2.05, 4.69) is 41.7 Å². The Hall–Kier alpha value is -2.04. The van der Waals surface area contributed by atoms with Crippen molar-refractivity contribution in [1.82, 2.24) is 16.0 Å². The number of nitrogens with zero attached hydrogens (tertiary/aromatic N) is 1. The highest BCUT2D eigenvalue weighted by Crippen LogP contribution is 2.04. The number of amides is 1. The Labute approximate surface area is 127 Å². The molecule has 5 heteroatoms. The van der Waals surface area contributed by atoms with Crippen LogP contribution in [-0.4, -0.2) is 32.0 Å². The normalized spacial score (nSPS) is 13.0. The Bertz CT molecular complexity index is 480. The van der Waals surface area contributed by atoms with Gasteiger partial charge in [-0.25, -0.2) is 0 Å². The van der Waals surface area contributed by atoms with Gasteiger partial charge in [-0.05, 0) is 30.5 Å². The van der Waals surface area contributed by atoms with Crippen molar-refractivity contribution in [3.8, 4) is 0 Å². The number of rotatable bonds is 5. The van der Waals surface area contributed by atoms with Crippen molar-refractivity contribution >= 4 is 11.9 Å². The van der Waals surface area contributed by atoms with Gasteiger partial charge in [0.2, 0.25) is 0 Å². The van der Waals surface area contributed by atoms with Crippen LogP contribution in [-0.2, 0) is 6.54 Å². The number of aliphatic imine (C=N–C) groups is 1. The average Bonchev–Trinajstić information content (AvgIpc) is 2.50. The molecule has 1 amide bonds. The first-order valence-corrected chi connectivity index (χ1v) is 7.26. The van der Waals surface area contributed by atoms with Crippen LogP contribution < -0.4 is 16.0 Å². The minimum atomic E-state index is -0.0715. The summed E-state index contributed by atoms with van der Waals surface area (Å²) < 4.78 is 0. The van der Waals surface area contributed by atoms with Crippen molar-refractivity contribution in [3.63, 3.8) is 0 Å². The highest BCUT2D eigenvalue weighted by molar-refractivity contribution is 5.93. The number of hydrogen-bond acceptors (Lipinski definition) is 2. The van der Waals surface area contributed by atoms with E-state index in [4.69, 9.17) is 0 Å². The summed E-state index contributed by atoms with van der Waals surface area (Å²) in [5.74, 6) is 1.25. The molecule has 0 aromatic heterocycles. The second kappa shape index (κ2) is 8.29. The summed E-state index contributed by atoms with van der Waals surface area (Å²) in [5.41, 5.74) is 1.76. The Morgan fingerprint density at radius 3 is 2.29 bits per heavy atom. The minimum absolute atomic E-state index is 0.0715. The molecule has 0 fully saturated rings. The zero-order valence-corrected chi connectivity index (χ0v) is 13.5. The molecule has 3 N–H and O–H groups in total. The quantitative estimate of drug-likeness (QED) is 0.572. The summed E-state index contributed by atoms with van der Waals surface area (Å²) in [4.78, 5) is 15.7. The Morgan fingerprint density at radius 2 is 1.81 bits per heavy atom. The predicted molar refractivity (Wildman–Crippen MR) is 87.5 cm³/mol. The zero-order valence-electron chi connectivity index (χ0n) is 13.5. The fourth-order valence-electron chi connectivity index (χ4n) is 1.68. The van der Waals surface area contributed by atoms with E-state index < -0.39 is 0 Å². The molecule has 1 aromatic carbocycles. The highest BCUT2D eigenvalue weighted by Gasteiger charge is 2.09. The molecule has 1 rings (SSSR count). The Balaban J connectivity index is 2.55. The molecule has 21 heavy (non-hydrogen) atoms. The van der Waals surface area contributed by atoms with E-state index in [0.29, 0.717) is 24.1 Å². The lowest BCUT2D eigenvalue weighted by Crippen LogP contribution is -2.43. The van der Waals surface area contributed by atoms with Gasteiger partial charge in [0.25, 0.3) is 5.91 Å². The van der Waals surface area contributed by atoms with Crippen LogP contribution in [0, 0.1) is 5.92 Å². The molecule has 1 aromatic rings. The molecule has 0 aliphatic carbocycles. The predicted octanol–water partition coefficient (Wildman–Crippen LogP) is 1.76. The molecule has 5 nitrogen and oxygen atoms in total. The number of carbonyl (C=O) groups is 1. The van der Waals surface area contributed by atoms with Crippen LogP contribution in [0.25, 0.3) is 0 Å². The van der Waals surface area contributed by atoms with E-state index in [0.717, 1.165) is 11.5 Å². The lowest BCUT2D eigenvalue weighted by atomic mass is 10.1. The summed E-state index contributed by atoms with van der Waals surface area (Å²) in [5, 5.41) is 9.23. The van der Waals surface area contributed by atoms with Crippen molar-refractivity contribution in [2.45, 2.75) is 33.4 Å². The van der Waals surface area contributed by atoms with E-state index in [9.17, 15) is 4.79 Å². The first-order valence-electron chi connectivity index (χ1n) is 7.26. The second-order valence-corrected chi connectivity index (χ2v) is 5.38. The largest absolute Gasteiger partial charge is 0.355 e. The van der Waals surface area contributed by atoms with Crippen molar-refractivity contribution in [3.05, 3.63) is 35.4 Å². The van der Waals surface area contributed by atoms with Gasteiger partial charge >= 0.3 is 0 Å².